The minimum atomic E-state index is -0.168. The molecule has 1 atom stereocenters. The van der Waals surface area contributed by atoms with Crippen LogP contribution in [0.2, 0.25) is 5.32 Å². The van der Waals surface area contributed by atoms with Gasteiger partial charge in [0.25, 0.3) is 0 Å². The van der Waals surface area contributed by atoms with Crippen LogP contribution in [0.3, 0.4) is 0 Å². The molecule has 1 unspecified atom stereocenters. The molecule has 118 valence electrons. The molecule has 0 heterocycles. The third-order valence-electron chi connectivity index (χ3n) is 3.11. The van der Waals surface area contributed by atoms with Crippen LogP contribution in [0.25, 0.3) is 0 Å². The quantitative estimate of drug-likeness (QED) is 0.723. The molecule has 0 aromatic heterocycles. The van der Waals surface area contributed by atoms with Gasteiger partial charge in [-0.1, -0.05) is 0 Å². The molecule has 0 aliphatic heterocycles. The van der Waals surface area contributed by atoms with Crippen LogP contribution in [0.1, 0.15) is 32.4 Å². The van der Waals surface area contributed by atoms with Gasteiger partial charge >= 0.3 is 140 Å². The standard InChI is InChI=1S/C19H24O2Se/c1-19(2,3)21-16-12-10-15(11-13-16)18(20-4)14-22-17-8-6-5-7-9-17/h5-13,18H,14H2,1-4H3. The number of rotatable bonds is 6. The number of hydrogen-bond acceptors (Lipinski definition) is 2. The van der Waals surface area contributed by atoms with Crippen LogP contribution < -0.4 is 9.20 Å². The van der Waals surface area contributed by atoms with Crippen molar-refractivity contribution in [1.29, 1.82) is 0 Å². The van der Waals surface area contributed by atoms with Gasteiger partial charge in [0.2, 0.25) is 0 Å². The van der Waals surface area contributed by atoms with Crippen molar-refractivity contribution >= 4 is 19.4 Å². The Hall–Kier alpha value is -1.28. The van der Waals surface area contributed by atoms with E-state index in [0.717, 1.165) is 11.1 Å². The fraction of sp³-hybridized carbons (Fsp3) is 0.368. The Bertz CT molecular complexity index is 558. The Morgan fingerprint density at radius 2 is 1.59 bits per heavy atom. The minimum absolute atomic E-state index is 0.142. The summed E-state index contributed by atoms with van der Waals surface area (Å²) in [5.74, 6) is 0.902. The molecule has 2 aromatic rings. The summed E-state index contributed by atoms with van der Waals surface area (Å²) in [5.41, 5.74) is 1.04. The van der Waals surface area contributed by atoms with Crippen LogP contribution in [0.15, 0.2) is 54.6 Å². The van der Waals surface area contributed by atoms with Gasteiger partial charge < -0.3 is 0 Å². The van der Waals surface area contributed by atoms with E-state index in [9.17, 15) is 0 Å². The van der Waals surface area contributed by atoms with Crippen LogP contribution in [0, 0.1) is 0 Å². The second-order valence-electron chi connectivity index (χ2n) is 6.13. The number of ether oxygens (including phenoxy) is 2. The van der Waals surface area contributed by atoms with Crippen LogP contribution in [-0.2, 0) is 4.74 Å². The molecule has 0 saturated carbocycles. The first-order valence-electron chi connectivity index (χ1n) is 7.47. The van der Waals surface area contributed by atoms with Gasteiger partial charge in [0.05, 0.1) is 0 Å². The molecule has 2 rings (SSSR count). The monoisotopic (exact) mass is 364 g/mol. The van der Waals surface area contributed by atoms with Gasteiger partial charge in [-0.2, -0.15) is 0 Å². The second kappa shape index (κ2) is 7.82. The molecule has 0 bridgehead atoms. The van der Waals surface area contributed by atoms with E-state index in [1.807, 2.05) is 12.1 Å². The zero-order valence-corrected chi connectivity index (χ0v) is 15.4. The Labute approximate surface area is 140 Å². The molecule has 3 heteroatoms. The maximum atomic E-state index is 5.86. The van der Waals surface area contributed by atoms with Crippen LogP contribution in [0.4, 0.5) is 0 Å². The van der Waals surface area contributed by atoms with Crippen molar-refractivity contribution in [1.82, 2.24) is 0 Å². The Kier molecular flexibility index (Phi) is 6.07. The summed E-state index contributed by atoms with van der Waals surface area (Å²) < 4.78 is 12.9. The van der Waals surface area contributed by atoms with Crippen LogP contribution in [-0.4, -0.2) is 27.7 Å². The molecule has 0 saturated heterocycles. The van der Waals surface area contributed by atoms with E-state index in [4.69, 9.17) is 9.47 Å². The van der Waals surface area contributed by atoms with Crippen molar-refractivity contribution in [2.24, 2.45) is 0 Å². The molecule has 0 amide bonds. The molecule has 2 nitrogen and oxygen atoms in total. The Balaban J connectivity index is 1.98. The molecule has 2 aromatic carbocycles. The van der Waals surface area contributed by atoms with E-state index in [1.54, 1.807) is 7.11 Å². The van der Waals surface area contributed by atoms with E-state index < -0.39 is 0 Å². The van der Waals surface area contributed by atoms with E-state index in [0.29, 0.717) is 15.0 Å². The van der Waals surface area contributed by atoms with Crippen molar-refractivity contribution in [3.05, 3.63) is 60.2 Å². The first kappa shape index (κ1) is 17.1. The number of benzene rings is 2. The Morgan fingerprint density at radius 1 is 0.955 bits per heavy atom. The molecule has 0 aliphatic rings. The van der Waals surface area contributed by atoms with Gasteiger partial charge in [0, 0.05) is 0 Å². The summed E-state index contributed by atoms with van der Waals surface area (Å²) in [6.07, 6.45) is 0.142. The average Bonchev–Trinajstić information content (AvgIpc) is 2.49. The topological polar surface area (TPSA) is 18.5 Å². The summed E-state index contributed by atoms with van der Waals surface area (Å²) in [4.78, 5) is 0. The maximum absolute atomic E-state index is 5.86. The molecule has 0 fully saturated rings. The van der Waals surface area contributed by atoms with Gasteiger partial charge in [-0.3, -0.25) is 0 Å². The normalized spacial score (nSPS) is 12.9. The molecular weight excluding hydrogens is 339 g/mol. The van der Waals surface area contributed by atoms with Gasteiger partial charge in [-0.25, -0.2) is 0 Å². The fourth-order valence-electron chi connectivity index (χ4n) is 2.09. The fourth-order valence-corrected chi connectivity index (χ4v) is 4.24. The van der Waals surface area contributed by atoms with Gasteiger partial charge in [0.1, 0.15) is 0 Å². The first-order chi connectivity index (χ1) is 10.5. The predicted octanol–water partition coefficient (Wildman–Crippen LogP) is 4.00. The predicted molar refractivity (Wildman–Crippen MR) is 93.2 cm³/mol. The van der Waals surface area contributed by atoms with Crippen molar-refractivity contribution in [2.75, 3.05) is 7.11 Å². The molecule has 22 heavy (non-hydrogen) atoms. The number of hydrogen-bond donors (Lipinski definition) is 0. The summed E-state index contributed by atoms with van der Waals surface area (Å²) in [6, 6.07) is 18.9. The summed E-state index contributed by atoms with van der Waals surface area (Å²) >= 11 is 0.419. The van der Waals surface area contributed by atoms with Crippen LogP contribution in [0.5, 0.6) is 5.75 Å². The summed E-state index contributed by atoms with van der Waals surface area (Å²) in [5, 5.41) is 1.03. The second-order valence-corrected chi connectivity index (χ2v) is 8.43. The van der Waals surface area contributed by atoms with Gasteiger partial charge in [0.15, 0.2) is 0 Å². The first-order valence-corrected chi connectivity index (χ1v) is 9.54. The van der Waals surface area contributed by atoms with Crippen LogP contribution >= 0.6 is 0 Å². The molecule has 0 radical (unpaired) electrons. The average molecular weight is 363 g/mol. The Morgan fingerprint density at radius 3 is 2.14 bits per heavy atom. The van der Waals surface area contributed by atoms with E-state index in [-0.39, 0.29) is 11.7 Å². The van der Waals surface area contributed by atoms with Crippen molar-refractivity contribution < 1.29 is 9.47 Å². The zero-order chi connectivity index (χ0) is 16.0. The van der Waals surface area contributed by atoms with Crippen molar-refractivity contribution in [3.8, 4) is 5.75 Å². The van der Waals surface area contributed by atoms with Crippen molar-refractivity contribution in [3.63, 3.8) is 0 Å². The third kappa shape index (κ3) is 5.49. The molecular formula is C19H24O2Se. The zero-order valence-electron chi connectivity index (χ0n) is 13.7. The van der Waals surface area contributed by atoms with Gasteiger partial charge in [-0.05, 0) is 0 Å². The van der Waals surface area contributed by atoms with E-state index in [2.05, 4.69) is 63.2 Å². The van der Waals surface area contributed by atoms with Gasteiger partial charge in [-0.15, -0.1) is 0 Å². The number of methoxy groups -OCH3 is 1. The molecule has 0 aliphatic carbocycles. The summed E-state index contributed by atoms with van der Waals surface area (Å²) in [7, 11) is 1.78. The third-order valence-corrected chi connectivity index (χ3v) is 5.36. The van der Waals surface area contributed by atoms with Crippen molar-refractivity contribution in [2.45, 2.75) is 37.8 Å². The van der Waals surface area contributed by atoms with E-state index >= 15 is 0 Å². The molecule has 0 spiro atoms. The molecule has 0 N–H and O–H groups in total. The summed E-state index contributed by atoms with van der Waals surface area (Å²) in [6.45, 7) is 6.17. The SMILES string of the molecule is COC(C[Se]c1ccccc1)c1ccc(OC(C)(C)C)cc1. The van der Waals surface area contributed by atoms with E-state index in [1.165, 1.54) is 10.0 Å².